The summed E-state index contributed by atoms with van der Waals surface area (Å²) in [5.41, 5.74) is 0.969. The van der Waals surface area contributed by atoms with Crippen LogP contribution in [-0.2, 0) is 4.79 Å². The van der Waals surface area contributed by atoms with Gasteiger partial charge in [0.25, 0.3) is 0 Å². The molecule has 1 aromatic heterocycles. The molecule has 3 nitrogen and oxygen atoms in total. The fourth-order valence-corrected chi connectivity index (χ4v) is 1.55. The van der Waals surface area contributed by atoms with E-state index in [2.05, 4.69) is 4.98 Å². The Morgan fingerprint density at radius 1 is 1.62 bits per heavy atom. The second kappa shape index (κ2) is 3.00. The number of pyridine rings is 1. The summed E-state index contributed by atoms with van der Waals surface area (Å²) in [7, 11) is 0. The summed E-state index contributed by atoms with van der Waals surface area (Å²) in [5, 5.41) is 9.13. The number of aromatic nitrogens is 1. The Morgan fingerprint density at radius 2 is 2.38 bits per heavy atom. The maximum atomic E-state index is 10.6. The first-order chi connectivity index (χ1) is 6.18. The Kier molecular flexibility index (Phi) is 1.96. The highest BCUT2D eigenvalue weighted by Crippen LogP contribution is 2.47. The van der Waals surface area contributed by atoms with Crippen LogP contribution in [-0.4, -0.2) is 16.1 Å². The van der Waals surface area contributed by atoms with Gasteiger partial charge in [0.2, 0.25) is 0 Å². The Labute approximate surface area is 80.4 Å². The average Bonchev–Trinajstić information content (AvgIpc) is 2.85. The molecule has 13 heavy (non-hydrogen) atoms. The molecule has 0 amide bonds. The van der Waals surface area contributed by atoms with Crippen molar-refractivity contribution < 1.29 is 9.90 Å². The van der Waals surface area contributed by atoms with Crippen LogP contribution in [0.15, 0.2) is 18.3 Å². The minimum atomic E-state index is -0.722. The summed E-state index contributed by atoms with van der Waals surface area (Å²) in [6, 6.07) is 3.52. The van der Waals surface area contributed by atoms with Crippen molar-refractivity contribution in [3.8, 4) is 0 Å². The van der Waals surface area contributed by atoms with Crippen LogP contribution >= 0.6 is 11.6 Å². The molecule has 2 rings (SSSR count). The monoisotopic (exact) mass is 197 g/mol. The van der Waals surface area contributed by atoms with E-state index in [0.29, 0.717) is 5.15 Å². The van der Waals surface area contributed by atoms with E-state index >= 15 is 0 Å². The van der Waals surface area contributed by atoms with Crippen molar-refractivity contribution in [2.75, 3.05) is 0 Å². The third kappa shape index (κ3) is 1.65. The van der Waals surface area contributed by atoms with Crippen LogP contribution in [0.3, 0.4) is 0 Å². The second-order valence-electron chi connectivity index (χ2n) is 3.20. The third-order valence-electron chi connectivity index (χ3n) is 2.29. The molecular weight excluding hydrogens is 190 g/mol. The van der Waals surface area contributed by atoms with E-state index in [1.807, 2.05) is 6.07 Å². The fraction of sp³-hybridized carbons (Fsp3) is 0.333. The van der Waals surface area contributed by atoms with Gasteiger partial charge in [-0.2, -0.15) is 0 Å². The lowest BCUT2D eigenvalue weighted by atomic mass is 10.1. The lowest BCUT2D eigenvalue weighted by Crippen LogP contribution is -1.98. The molecule has 0 saturated heterocycles. The van der Waals surface area contributed by atoms with Gasteiger partial charge in [-0.3, -0.25) is 4.79 Å². The van der Waals surface area contributed by atoms with Gasteiger partial charge in [-0.1, -0.05) is 17.7 Å². The summed E-state index contributed by atoms with van der Waals surface area (Å²) in [6.07, 6.45) is 2.37. The van der Waals surface area contributed by atoms with E-state index in [9.17, 15) is 4.79 Å². The van der Waals surface area contributed by atoms with Crippen molar-refractivity contribution in [2.24, 2.45) is 5.92 Å². The van der Waals surface area contributed by atoms with Gasteiger partial charge in [-0.05, 0) is 24.0 Å². The van der Waals surface area contributed by atoms with Crippen molar-refractivity contribution in [1.82, 2.24) is 4.98 Å². The number of carbonyl (C=O) groups is 1. The molecule has 0 aliphatic heterocycles. The van der Waals surface area contributed by atoms with Crippen molar-refractivity contribution in [2.45, 2.75) is 12.3 Å². The zero-order valence-corrected chi connectivity index (χ0v) is 7.53. The van der Waals surface area contributed by atoms with Crippen LogP contribution < -0.4 is 0 Å². The van der Waals surface area contributed by atoms with E-state index in [0.717, 1.165) is 12.0 Å². The molecule has 2 atom stereocenters. The first-order valence-corrected chi connectivity index (χ1v) is 4.40. The summed E-state index contributed by atoms with van der Waals surface area (Å²) in [4.78, 5) is 14.5. The number of carboxylic acids is 1. The zero-order chi connectivity index (χ0) is 9.42. The summed E-state index contributed by atoms with van der Waals surface area (Å²) in [6.45, 7) is 0. The van der Waals surface area contributed by atoms with Crippen LogP contribution in [0.2, 0.25) is 5.15 Å². The van der Waals surface area contributed by atoms with Gasteiger partial charge in [0.15, 0.2) is 0 Å². The van der Waals surface area contributed by atoms with Crippen molar-refractivity contribution in [3.63, 3.8) is 0 Å². The summed E-state index contributed by atoms with van der Waals surface area (Å²) < 4.78 is 0. The van der Waals surface area contributed by atoms with E-state index in [-0.39, 0.29) is 11.8 Å². The number of carboxylic acid groups (broad SMARTS) is 1. The first kappa shape index (κ1) is 8.51. The molecule has 1 heterocycles. The molecule has 0 radical (unpaired) electrons. The molecule has 1 aliphatic rings. The van der Waals surface area contributed by atoms with E-state index in [1.54, 1.807) is 12.3 Å². The standard InChI is InChI=1S/C9H8ClNO2/c10-8-2-1-5(4-11-8)6-3-7(6)9(12)13/h1-2,4,6-7H,3H2,(H,12,13)/t6-,7?/m1/s1. The van der Waals surface area contributed by atoms with Crippen LogP contribution in [0, 0.1) is 5.92 Å². The SMILES string of the molecule is O=C(O)C1C[C@@H]1c1ccc(Cl)nc1. The largest absolute Gasteiger partial charge is 0.481 e. The molecule has 1 aromatic rings. The highest BCUT2D eigenvalue weighted by atomic mass is 35.5. The van der Waals surface area contributed by atoms with Gasteiger partial charge >= 0.3 is 5.97 Å². The number of aliphatic carboxylic acids is 1. The normalized spacial score (nSPS) is 25.6. The van der Waals surface area contributed by atoms with E-state index in [1.165, 1.54) is 0 Å². The number of nitrogens with zero attached hydrogens (tertiary/aromatic N) is 1. The van der Waals surface area contributed by atoms with E-state index in [4.69, 9.17) is 16.7 Å². The quantitative estimate of drug-likeness (QED) is 0.737. The molecule has 1 N–H and O–H groups in total. The maximum absolute atomic E-state index is 10.6. The van der Waals surface area contributed by atoms with E-state index < -0.39 is 5.97 Å². The number of halogens is 1. The Morgan fingerprint density at radius 3 is 2.85 bits per heavy atom. The van der Waals surface area contributed by atoms with Crippen LogP contribution in [0.5, 0.6) is 0 Å². The highest BCUT2D eigenvalue weighted by Gasteiger charge is 2.44. The molecule has 1 aliphatic carbocycles. The third-order valence-corrected chi connectivity index (χ3v) is 2.51. The Bertz CT molecular complexity index is 336. The molecular formula is C9H8ClNO2. The number of hydrogen-bond donors (Lipinski definition) is 1. The molecule has 4 heteroatoms. The maximum Gasteiger partial charge on any atom is 0.307 e. The zero-order valence-electron chi connectivity index (χ0n) is 6.77. The predicted octanol–water partition coefficient (Wildman–Crippen LogP) is 1.92. The van der Waals surface area contributed by atoms with Crippen LogP contribution in [0.4, 0.5) is 0 Å². The minimum Gasteiger partial charge on any atom is -0.481 e. The van der Waals surface area contributed by atoms with Crippen molar-refractivity contribution >= 4 is 17.6 Å². The number of hydrogen-bond acceptors (Lipinski definition) is 2. The lowest BCUT2D eigenvalue weighted by molar-refractivity contribution is -0.138. The molecule has 1 fully saturated rings. The molecule has 1 saturated carbocycles. The second-order valence-corrected chi connectivity index (χ2v) is 3.59. The van der Waals surface area contributed by atoms with Gasteiger partial charge in [-0.15, -0.1) is 0 Å². The van der Waals surface area contributed by atoms with Crippen LogP contribution in [0.1, 0.15) is 17.9 Å². The Balaban J connectivity index is 2.12. The van der Waals surface area contributed by atoms with Gasteiger partial charge in [-0.25, -0.2) is 4.98 Å². The molecule has 0 spiro atoms. The summed E-state index contributed by atoms with van der Waals surface area (Å²) >= 11 is 5.61. The fourth-order valence-electron chi connectivity index (χ4n) is 1.44. The first-order valence-electron chi connectivity index (χ1n) is 4.03. The molecule has 0 aromatic carbocycles. The van der Waals surface area contributed by atoms with Gasteiger partial charge in [0.05, 0.1) is 5.92 Å². The Hall–Kier alpha value is -1.09. The summed E-state index contributed by atoms with van der Waals surface area (Å²) in [5.74, 6) is -0.801. The number of rotatable bonds is 2. The molecule has 0 bridgehead atoms. The highest BCUT2D eigenvalue weighted by molar-refractivity contribution is 6.29. The predicted molar refractivity (Wildman–Crippen MR) is 47.7 cm³/mol. The minimum absolute atomic E-state index is 0.141. The van der Waals surface area contributed by atoms with Gasteiger partial charge in [0, 0.05) is 6.20 Å². The molecule has 1 unspecified atom stereocenters. The topological polar surface area (TPSA) is 50.2 Å². The lowest BCUT2D eigenvalue weighted by Gasteiger charge is -1.96. The van der Waals surface area contributed by atoms with Crippen molar-refractivity contribution in [3.05, 3.63) is 29.0 Å². The van der Waals surface area contributed by atoms with Gasteiger partial charge in [0.1, 0.15) is 5.15 Å². The van der Waals surface area contributed by atoms with Gasteiger partial charge < -0.3 is 5.11 Å². The van der Waals surface area contributed by atoms with Crippen LogP contribution in [0.25, 0.3) is 0 Å². The van der Waals surface area contributed by atoms with Crippen molar-refractivity contribution in [1.29, 1.82) is 0 Å². The molecule has 68 valence electrons. The smallest absolute Gasteiger partial charge is 0.307 e. The average molecular weight is 198 g/mol.